The lowest BCUT2D eigenvalue weighted by Gasteiger charge is -2.70. The molecule has 230 valence electrons. The lowest BCUT2D eigenvalue weighted by molar-refractivity contribution is -0.337. The summed E-state index contributed by atoms with van der Waals surface area (Å²) in [5, 5.41) is 28.4. The molecule has 7 rings (SSSR count). The molecule has 1 aliphatic heterocycles. The van der Waals surface area contributed by atoms with Gasteiger partial charge in [-0.3, -0.25) is 9.69 Å². The van der Waals surface area contributed by atoms with Crippen LogP contribution >= 0.6 is 0 Å². The summed E-state index contributed by atoms with van der Waals surface area (Å²) in [5.74, 6) is -1.54. The number of esters is 1. The number of nitrogens with zero attached hydrogens (tertiary/aromatic N) is 1. The van der Waals surface area contributed by atoms with Gasteiger partial charge in [0.05, 0.1) is 29.6 Å². The summed E-state index contributed by atoms with van der Waals surface area (Å²) < 4.78 is 25.1. The number of rotatable bonds is 7. The fourth-order valence-electron chi connectivity index (χ4n) is 11.6. The highest BCUT2D eigenvalue weighted by atomic mass is 16.6. The van der Waals surface area contributed by atoms with Crippen LogP contribution < -0.4 is 5.32 Å². The number of para-hydroxylation sites is 1. The quantitative estimate of drug-likeness (QED) is 0.414. The van der Waals surface area contributed by atoms with E-state index < -0.39 is 34.3 Å². The van der Waals surface area contributed by atoms with E-state index in [-0.39, 0.29) is 47.8 Å². The average molecular weight is 585 g/mol. The molecule has 0 aromatic heterocycles. The summed E-state index contributed by atoms with van der Waals surface area (Å²) in [6.45, 7) is 4.79. The minimum absolute atomic E-state index is 0.0432. The number of ether oxygens (including phenoxy) is 4. The number of carbonyl (C=O) groups excluding carboxylic acids is 2. The van der Waals surface area contributed by atoms with E-state index in [0.29, 0.717) is 56.4 Å². The van der Waals surface area contributed by atoms with Gasteiger partial charge in [0.15, 0.2) is 0 Å². The van der Waals surface area contributed by atoms with E-state index in [9.17, 15) is 19.8 Å². The number of likely N-dealkylation sites (tertiary alicyclic amines) is 1. The minimum atomic E-state index is -1.48. The first-order valence-electron chi connectivity index (χ1n) is 15.4. The summed E-state index contributed by atoms with van der Waals surface area (Å²) in [4.78, 5) is 28.3. The van der Waals surface area contributed by atoms with Crippen LogP contribution in [-0.2, 0) is 23.7 Å². The highest BCUT2D eigenvalue weighted by molar-refractivity contribution is 6.00. The van der Waals surface area contributed by atoms with E-state index in [1.54, 1.807) is 45.6 Å². The number of methoxy groups -OCH3 is 3. The van der Waals surface area contributed by atoms with Crippen molar-refractivity contribution in [3.63, 3.8) is 0 Å². The van der Waals surface area contributed by atoms with E-state index >= 15 is 0 Å². The predicted octanol–water partition coefficient (Wildman–Crippen LogP) is 2.22. The van der Waals surface area contributed by atoms with Gasteiger partial charge in [0.25, 0.3) is 0 Å². The van der Waals surface area contributed by atoms with Crippen molar-refractivity contribution in [2.75, 3.05) is 39.7 Å². The van der Waals surface area contributed by atoms with Crippen molar-refractivity contribution in [3.05, 3.63) is 29.8 Å². The molecule has 1 saturated heterocycles. The molecule has 6 aliphatic rings. The van der Waals surface area contributed by atoms with E-state index in [4.69, 9.17) is 18.9 Å². The van der Waals surface area contributed by atoms with Crippen molar-refractivity contribution in [3.8, 4) is 0 Å². The molecular weight excluding hydrogens is 540 g/mol. The van der Waals surface area contributed by atoms with Crippen molar-refractivity contribution >= 4 is 17.6 Å². The number of piperidine rings is 1. The maximum atomic E-state index is 14.0. The number of benzene rings is 1. The van der Waals surface area contributed by atoms with Gasteiger partial charge in [-0.1, -0.05) is 19.1 Å². The van der Waals surface area contributed by atoms with Crippen molar-refractivity contribution in [1.82, 2.24) is 4.90 Å². The Morgan fingerprint density at radius 1 is 1.07 bits per heavy atom. The van der Waals surface area contributed by atoms with Crippen molar-refractivity contribution in [2.45, 2.75) is 87.1 Å². The van der Waals surface area contributed by atoms with Gasteiger partial charge in [-0.15, -0.1) is 0 Å². The fourth-order valence-corrected chi connectivity index (χ4v) is 11.6. The molecule has 7 bridgehead atoms. The van der Waals surface area contributed by atoms with Gasteiger partial charge in [0.2, 0.25) is 5.91 Å². The van der Waals surface area contributed by atoms with Crippen LogP contribution in [0.2, 0.25) is 0 Å². The Morgan fingerprint density at radius 2 is 1.83 bits per heavy atom. The summed E-state index contributed by atoms with van der Waals surface area (Å²) in [7, 11) is 5.05. The van der Waals surface area contributed by atoms with Gasteiger partial charge >= 0.3 is 5.97 Å². The van der Waals surface area contributed by atoms with Crippen molar-refractivity contribution in [2.24, 2.45) is 29.1 Å². The monoisotopic (exact) mass is 584 g/mol. The molecular formula is C32H44N2O8. The van der Waals surface area contributed by atoms with Crippen molar-refractivity contribution in [1.29, 1.82) is 0 Å². The number of carbonyl (C=O) groups is 2. The second-order valence-corrected chi connectivity index (χ2v) is 13.7. The second-order valence-electron chi connectivity index (χ2n) is 13.7. The third-order valence-electron chi connectivity index (χ3n) is 12.6. The standard InChI is InChI=1S/C32H44N2O8/c1-6-34-16-29(42-28(36)18-9-7-8-10-21(18)33-17(2)35)12-11-25(40-4)31-23(29)14-20(26(31)34)30(37)15-22(39-3)19-13-24(31)32(30,38)27(19)41-5/h7-10,19-20,22-27,37-38H,6,11-16H2,1-5H3,(H,33,35)/t19-,20+,22-,23+,24-,25-,26+,27-,29+,30-,31-,32-/m0/s1. The van der Waals surface area contributed by atoms with Crippen LogP contribution in [0.4, 0.5) is 5.69 Å². The molecule has 5 aliphatic carbocycles. The lowest BCUT2D eigenvalue weighted by Crippen LogP contribution is -2.83. The summed E-state index contributed by atoms with van der Waals surface area (Å²) in [6, 6.07) is 6.89. The van der Waals surface area contributed by atoms with Gasteiger partial charge in [-0.25, -0.2) is 4.79 Å². The molecule has 3 N–H and O–H groups in total. The molecule has 5 saturated carbocycles. The first-order valence-corrected chi connectivity index (χ1v) is 15.4. The van der Waals surface area contributed by atoms with Gasteiger partial charge in [0, 0.05) is 76.3 Å². The first kappa shape index (κ1) is 28.7. The van der Waals surface area contributed by atoms with Crippen LogP contribution in [0.25, 0.3) is 0 Å². The largest absolute Gasteiger partial charge is 0.454 e. The third-order valence-corrected chi connectivity index (χ3v) is 12.6. The zero-order valence-corrected chi connectivity index (χ0v) is 25.2. The van der Waals surface area contributed by atoms with Gasteiger partial charge in [-0.2, -0.15) is 0 Å². The minimum Gasteiger partial charge on any atom is -0.454 e. The zero-order valence-electron chi connectivity index (χ0n) is 25.2. The molecule has 10 heteroatoms. The SMILES string of the molecule is CCN1C[C@]2(OC(=O)c3ccccc3NC(C)=O)CC[C@H](OC)[C@@]34[C@@H]2C[C@H]([C@@H]13)[C@@]1(O)C[C@H](OC)[C@@H]2C[C@@H]4[C@]1(O)[C@H]2OC. The number of aliphatic hydroxyl groups is 2. The Bertz CT molecular complexity index is 1290. The van der Waals surface area contributed by atoms with Crippen LogP contribution in [0.3, 0.4) is 0 Å². The van der Waals surface area contributed by atoms with E-state index in [1.807, 2.05) is 0 Å². The normalized spacial score (nSPS) is 48.2. The highest BCUT2D eigenvalue weighted by Crippen LogP contribution is 2.79. The molecule has 1 aromatic rings. The van der Waals surface area contributed by atoms with Gasteiger partial charge in [-0.05, 0) is 44.4 Å². The lowest BCUT2D eigenvalue weighted by atomic mass is 9.44. The summed E-state index contributed by atoms with van der Waals surface area (Å²) in [5.41, 5.74) is -3.57. The van der Waals surface area contributed by atoms with Gasteiger partial charge < -0.3 is 34.5 Å². The summed E-state index contributed by atoms with van der Waals surface area (Å²) in [6.07, 6.45) is 1.91. The van der Waals surface area contributed by atoms with Crippen LogP contribution in [0, 0.1) is 29.1 Å². The number of hydrogen-bond acceptors (Lipinski definition) is 9. The van der Waals surface area contributed by atoms with Crippen LogP contribution in [0.15, 0.2) is 24.3 Å². The topological polar surface area (TPSA) is 127 Å². The molecule has 12 atom stereocenters. The molecule has 1 aromatic carbocycles. The number of amides is 1. The number of fused-ring (bicyclic) bond motifs is 2. The zero-order chi connectivity index (χ0) is 29.8. The first-order chi connectivity index (χ1) is 20.1. The maximum Gasteiger partial charge on any atom is 0.340 e. The Morgan fingerprint density at radius 3 is 2.50 bits per heavy atom. The summed E-state index contributed by atoms with van der Waals surface area (Å²) >= 11 is 0. The Kier molecular flexibility index (Phi) is 6.46. The van der Waals surface area contributed by atoms with E-state index in [2.05, 4.69) is 17.1 Å². The molecule has 6 fully saturated rings. The van der Waals surface area contributed by atoms with Crippen molar-refractivity contribution < 1.29 is 38.7 Å². The van der Waals surface area contributed by atoms with Crippen LogP contribution in [-0.4, -0.2) is 103 Å². The highest BCUT2D eigenvalue weighted by Gasteiger charge is 2.89. The van der Waals surface area contributed by atoms with E-state index in [0.717, 1.165) is 0 Å². The van der Waals surface area contributed by atoms with Gasteiger partial charge in [0.1, 0.15) is 16.8 Å². The second kappa shape index (κ2) is 9.46. The molecule has 1 heterocycles. The molecule has 42 heavy (non-hydrogen) atoms. The Labute approximate surface area is 247 Å². The fraction of sp³-hybridized carbons (Fsp3) is 0.750. The molecule has 0 unspecified atom stereocenters. The number of anilines is 1. The molecule has 10 nitrogen and oxygen atoms in total. The smallest absolute Gasteiger partial charge is 0.340 e. The number of likely N-dealkylation sites (N-methyl/N-ethyl adjacent to an activating group) is 1. The van der Waals surface area contributed by atoms with E-state index in [1.165, 1.54) is 6.92 Å². The molecule has 1 amide bonds. The maximum absolute atomic E-state index is 14.0. The molecule has 1 spiro atoms. The molecule has 0 radical (unpaired) electrons. The Hall–Kier alpha value is -2.08. The third kappa shape index (κ3) is 3.21. The number of nitrogens with one attached hydrogen (secondary N) is 1. The predicted molar refractivity (Wildman–Crippen MR) is 152 cm³/mol. The van der Waals surface area contributed by atoms with Crippen LogP contribution in [0.1, 0.15) is 56.3 Å². The number of hydrogen-bond donors (Lipinski definition) is 3. The average Bonchev–Trinajstić information content (AvgIpc) is 3.39. The Balaban J connectivity index is 1.38. The van der Waals surface area contributed by atoms with Crippen LogP contribution in [0.5, 0.6) is 0 Å².